The molecule has 0 aromatic rings. The Morgan fingerprint density at radius 3 is 2.67 bits per heavy atom. The van der Waals surface area contributed by atoms with Crippen molar-refractivity contribution < 1.29 is 19.4 Å². The van der Waals surface area contributed by atoms with Crippen LogP contribution in [-0.2, 0) is 14.3 Å². The molecule has 0 heterocycles. The average Bonchev–Trinajstić information content (AvgIpc) is 2.99. The monoisotopic (exact) mass is 372 g/mol. The van der Waals surface area contributed by atoms with E-state index < -0.39 is 5.97 Å². The summed E-state index contributed by atoms with van der Waals surface area (Å²) in [6.45, 7) is 6.41. The van der Waals surface area contributed by atoms with Crippen LogP contribution in [0.3, 0.4) is 0 Å². The molecular formula is C23H32O4. The molecule has 0 saturated heterocycles. The first kappa shape index (κ1) is 18.8. The smallest absolute Gasteiger partial charge is 0.307 e. The maximum Gasteiger partial charge on any atom is 0.307 e. The van der Waals surface area contributed by atoms with Crippen LogP contribution in [0.15, 0.2) is 23.8 Å². The molecule has 1 unspecified atom stereocenters. The lowest BCUT2D eigenvalue weighted by Crippen LogP contribution is -2.50. The number of aliphatic carboxylic acids is 1. The van der Waals surface area contributed by atoms with E-state index in [1.165, 1.54) is 5.57 Å². The Hall–Kier alpha value is -1.58. The number of allylic oxidation sites excluding steroid dienone is 2. The number of hydrogen-bond donors (Lipinski definition) is 1. The molecule has 0 aromatic carbocycles. The van der Waals surface area contributed by atoms with Crippen molar-refractivity contribution in [1.29, 1.82) is 0 Å². The van der Waals surface area contributed by atoms with E-state index in [1.54, 1.807) is 0 Å². The number of carboxylic acids is 1. The minimum Gasteiger partial charge on any atom is -0.481 e. The van der Waals surface area contributed by atoms with Gasteiger partial charge in [-0.2, -0.15) is 0 Å². The van der Waals surface area contributed by atoms with Crippen molar-refractivity contribution in [3.63, 3.8) is 0 Å². The lowest BCUT2D eigenvalue weighted by Gasteiger charge is -2.57. The summed E-state index contributed by atoms with van der Waals surface area (Å²) in [5.74, 6) is 0.779. The van der Waals surface area contributed by atoms with E-state index in [1.807, 2.05) is 6.92 Å². The van der Waals surface area contributed by atoms with E-state index in [2.05, 4.69) is 32.1 Å². The Kier molecular flexibility index (Phi) is 4.51. The summed E-state index contributed by atoms with van der Waals surface area (Å²) in [5.41, 5.74) is 1.40. The average molecular weight is 373 g/mol. The number of ether oxygens (including phenoxy) is 1. The standard InChI is InChI=1S/C23H32O4/c1-4-20(24)27-15-9-11-22(2)14(13-15)5-6-16-17-7-8-19(21(25)26)23(17,3)12-10-18(16)22/h9,11,13,15-19H,4-8,10,12H2,1-3H3,(H,25,26)/t15?,16-,17-,18-,19+,22-,23-/m0/s1. The zero-order valence-corrected chi connectivity index (χ0v) is 16.7. The second kappa shape index (κ2) is 6.49. The summed E-state index contributed by atoms with van der Waals surface area (Å²) in [6, 6.07) is 0. The molecule has 3 fully saturated rings. The van der Waals surface area contributed by atoms with Crippen LogP contribution in [0.2, 0.25) is 0 Å². The zero-order chi connectivity index (χ0) is 19.4. The first-order valence-electron chi connectivity index (χ1n) is 10.6. The summed E-state index contributed by atoms with van der Waals surface area (Å²) in [5, 5.41) is 9.71. The van der Waals surface area contributed by atoms with E-state index in [0.717, 1.165) is 38.5 Å². The Labute approximate surface area is 162 Å². The van der Waals surface area contributed by atoms with Gasteiger partial charge in [0.1, 0.15) is 6.10 Å². The van der Waals surface area contributed by atoms with Crippen molar-refractivity contribution in [3.05, 3.63) is 23.8 Å². The number of esters is 1. The number of rotatable bonds is 3. The Morgan fingerprint density at radius 1 is 1.19 bits per heavy atom. The molecule has 0 radical (unpaired) electrons. The Bertz CT molecular complexity index is 707. The van der Waals surface area contributed by atoms with E-state index in [9.17, 15) is 14.7 Å². The van der Waals surface area contributed by atoms with Gasteiger partial charge in [-0.3, -0.25) is 9.59 Å². The summed E-state index contributed by atoms with van der Waals surface area (Å²) in [6.07, 6.45) is 12.9. The maximum atomic E-state index is 11.8. The minimum absolute atomic E-state index is 0.0285. The van der Waals surface area contributed by atoms with Gasteiger partial charge in [0.2, 0.25) is 0 Å². The minimum atomic E-state index is -0.598. The van der Waals surface area contributed by atoms with Crippen LogP contribution in [0.1, 0.15) is 65.7 Å². The van der Waals surface area contributed by atoms with Gasteiger partial charge in [-0.15, -0.1) is 0 Å². The Balaban J connectivity index is 1.58. The van der Waals surface area contributed by atoms with Crippen LogP contribution >= 0.6 is 0 Å². The van der Waals surface area contributed by atoms with Gasteiger partial charge < -0.3 is 9.84 Å². The largest absolute Gasteiger partial charge is 0.481 e. The summed E-state index contributed by atoms with van der Waals surface area (Å²) in [4.78, 5) is 23.5. The van der Waals surface area contributed by atoms with Crippen LogP contribution in [0.5, 0.6) is 0 Å². The predicted octanol–water partition coefficient (Wildman–Crippen LogP) is 4.75. The van der Waals surface area contributed by atoms with Crippen LogP contribution in [-0.4, -0.2) is 23.1 Å². The zero-order valence-electron chi connectivity index (χ0n) is 16.7. The van der Waals surface area contributed by atoms with Gasteiger partial charge in [-0.25, -0.2) is 0 Å². The summed E-state index contributed by atoms with van der Waals surface area (Å²) in [7, 11) is 0. The normalized spacial score (nSPS) is 45.3. The molecule has 7 atom stereocenters. The third kappa shape index (κ3) is 2.78. The number of carbonyl (C=O) groups is 2. The molecule has 1 N–H and O–H groups in total. The molecule has 148 valence electrons. The molecule has 0 bridgehead atoms. The molecule has 3 saturated carbocycles. The van der Waals surface area contributed by atoms with Gasteiger partial charge in [0.15, 0.2) is 0 Å². The van der Waals surface area contributed by atoms with E-state index >= 15 is 0 Å². The highest BCUT2D eigenvalue weighted by atomic mass is 16.5. The molecule has 0 spiro atoms. The van der Waals surface area contributed by atoms with Crippen molar-refractivity contribution in [2.45, 2.75) is 71.8 Å². The second-order valence-corrected chi connectivity index (χ2v) is 9.57. The molecular weight excluding hydrogens is 340 g/mol. The van der Waals surface area contributed by atoms with Crippen LogP contribution in [0.4, 0.5) is 0 Å². The topological polar surface area (TPSA) is 63.6 Å². The fourth-order valence-corrected chi connectivity index (χ4v) is 7.02. The SMILES string of the molecule is CCC(=O)OC1C=C[C@@]2(C)C(=C1)CC[C@H]1[C@@H]3CC[C@H](C(=O)O)[C@@]3(C)CC[C@@H]12. The highest BCUT2D eigenvalue weighted by molar-refractivity contribution is 5.71. The molecule has 4 aliphatic rings. The van der Waals surface area contributed by atoms with Crippen molar-refractivity contribution >= 4 is 11.9 Å². The van der Waals surface area contributed by atoms with Gasteiger partial charge in [0.05, 0.1) is 5.92 Å². The highest BCUT2D eigenvalue weighted by Crippen LogP contribution is 2.66. The van der Waals surface area contributed by atoms with Crippen LogP contribution in [0.25, 0.3) is 0 Å². The van der Waals surface area contributed by atoms with Crippen LogP contribution < -0.4 is 0 Å². The third-order valence-electron chi connectivity index (χ3n) is 8.50. The van der Waals surface area contributed by atoms with Crippen molar-refractivity contribution in [3.8, 4) is 0 Å². The number of hydrogen-bond acceptors (Lipinski definition) is 3. The molecule has 4 nitrogen and oxygen atoms in total. The first-order chi connectivity index (χ1) is 12.8. The van der Waals surface area contributed by atoms with Crippen molar-refractivity contribution in [2.24, 2.45) is 34.5 Å². The fourth-order valence-electron chi connectivity index (χ4n) is 7.02. The van der Waals surface area contributed by atoms with Crippen molar-refractivity contribution in [2.75, 3.05) is 0 Å². The van der Waals surface area contributed by atoms with E-state index in [4.69, 9.17) is 4.74 Å². The maximum absolute atomic E-state index is 11.8. The highest BCUT2D eigenvalue weighted by Gasteiger charge is 2.59. The van der Waals surface area contributed by atoms with Gasteiger partial charge in [0, 0.05) is 11.8 Å². The number of carboxylic acid groups (broad SMARTS) is 1. The van der Waals surface area contributed by atoms with Gasteiger partial charge in [0.25, 0.3) is 0 Å². The van der Waals surface area contributed by atoms with E-state index in [0.29, 0.717) is 24.2 Å². The lowest BCUT2D eigenvalue weighted by molar-refractivity contribution is -0.149. The first-order valence-corrected chi connectivity index (χ1v) is 10.6. The molecule has 0 aromatic heterocycles. The van der Waals surface area contributed by atoms with Crippen LogP contribution in [0, 0.1) is 34.5 Å². The summed E-state index contributed by atoms with van der Waals surface area (Å²) >= 11 is 0. The predicted molar refractivity (Wildman–Crippen MR) is 103 cm³/mol. The molecule has 0 amide bonds. The number of fused-ring (bicyclic) bond motifs is 5. The second-order valence-electron chi connectivity index (χ2n) is 9.57. The molecule has 0 aliphatic heterocycles. The van der Waals surface area contributed by atoms with Crippen molar-refractivity contribution in [1.82, 2.24) is 0 Å². The lowest BCUT2D eigenvalue weighted by atomic mass is 9.48. The van der Waals surface area contributed by atoms with Gasteiger partial charge >= 0.3 is 11.9 Å². The molecule has 4 rings (SSSR count). The fraction of sp³-hybridized carbons (Fsp3) is 0.739. The molecule has 27 heavy (non-hydrogen) atoms. The molecule has 4 aliphatic carbocycles. The molecule has 4 heteroatoms. The number of carbonyl (C=O) groups excluding carboxylic acids is 1. The Morgan fingerprint density at radius 2 is 1.96 bits per heavy atom. The summed E-state index contributed by atoms with van der Waals surface area (Å²) < 4.78 is 5.53. The van der Waals surface area contributed by atoms with E-state index in [-0.39, 0.29) is 28.8 Å². The van der Waals surface area contributed by atoms with Gasteiger partial charge in [-0.1, -0.05) is 32.4 Å². The van der Waals surface area contributed by atoms with Gasteiger partial charge in [-0.05, 0) is 73.8 Å². The third-order valence-corrected chi connectivity index (χ3v) is 8.50. The quantitative estimate of drug-likeness (QED) is 0.574.